The first-order chi connectivity index (χ1) is 13.4. The molecule has 3 aromatic rings. The van der Waals surface area contributed by atoms with E-state index in [0.717, 1.165) is 35.3 Å². The van der Waals surface area contributed by atoms with Gasteiger partial charge in [-0.25, -0.2) is 8.42 Å². The second kappa shape index (κ2) is 7.09. The van der Waals surface area contributed by atoms with Crippen molar-refractivity contribution in [1.29, 1.82) is 0 Å². The van der Waals surface area contributed by atoms with Crippen LogP contribution >= 0.6 is 0 Å². The molecule has 2 aromatic carbocycles. The van der Waals surface area contributed by atoms with Gasteiger partial charge in [0.2, 0.25) is 0 Å². The van der Waals surface area contributed by atoms with Gasteiger partial charge >= 0.3 is 0 Å². The monoisotopic (exact) mass is 395 g/mol. The van der Waals surface area contributed by atoms with Gasteiger partial charge in [-0.2, -0.15) is 0 Å². The molecule has 2 heterocycles. The molecule has 5 nitrogen and oxygen atoms in total. The number of aromatic nitrogens is 1. The van der Waals surface area contributed by atoms with Crippen LogP contribution in [0.3, 0.4) is 0 Å². The maximum atomic E-state index is 13.3. The number of benzene rings is 2. The summed E-state index contributed by atoms with van der Waals surface area (Å²) in [6.07, 6.45) is 3.97. The van der Waals surface area contributed by atoms with E-state index in [1.807, 2.05) is 32.0 Å². The van der Waals surface area contributed by atoms with Crippen molar-refractivity contribution in [3.63, 3.8) is 0 Å². The molecule has 0 aliphatic carbocycles. The average Bonchev–Trinajstić information content (AvgIpc) is 3.19. The minimum atomic E-state index is -3.77. The van der Waals surface area contributed by atoms with Crippen LogP contribution in [0.2, 0.25) is 0 Å². The molecule has 1 aliphatic rings. The number of para-hydroxylation sites is 1. The molecule has 28 heavy (non-hydrogen) atoms. The molecule has 0 radical (unpaired) electrons. The molecule has 6 heteroatoms. The first-order valence-electron chi connectivity index (χ1n) is 9.61. The van der Waals surface area contributed by atoms with Crippen LogP contribution in [0.4, 0.5) is 11.4 Å². The number of aryl methyl sites for hydroxylation is 2. The van der Waals surface area contributed by atoms with Crippen LogP contribution in [0.1, 0.15) is 29.5 Å². The van der Waals surface area contributed by atoms with Gasteiger partial charge in [0.15, 0.2) is 0 Å². The van der Waals surface area contributed by atoms with Crippen LogP contribution in [0.5, 0.6) is 0 Å². The summed E-state index contributed by atoms with van der Waals surface area (Å²) in [4.78, 5) is 6.87. The minimum absolute atomic E-state index is 0.202. The van der Waals surface area contributed by atoms with Crippen LogP contribution in [-0.2, 0) is 10.0 Å². The van der Waals surface area contributed by atoms with Crippen molar-refractivity contribution >= 4 is 32.3 Å². The zero-order valence-corrected chi connectivity index (χ0v) is 17.3. The van der Waals surface area contributed by atoms with E-state index in [1.165, 1.54) is 18.4 Å². The Morgan fingerprint density at radius 1 is 1.00 bits per heavy atom. The highest BCUT2D eigenvalue weighted by Crippen LogP contribution is 2.36. The van der Waals surface area contributed by atoms with E-state index < -0.39 is 10.0 Å². The lowest BCUT2D eigenvalue weighted by molar-refractivity contribution is 0.602. The van der Waals surface area contributed by atoms with Gasteiger partial charge in [0, 0.05) is 30.4 Å². The van der Waals surface area contributed by atoms with Crippen LogP contribution in [-0.4, -0.2) is 26.5 Å². The lowest BCUT2D eigenvalue weighted by atomic mass is 10.0. The maximum absolute atomic E-state index is 13.3. The third-order valence-electron chi connectivity index (χ3n) is 5.48. The topological polar surface area (TPSA) is 62.3 Å². The average molecular weight is 396 g/mol. The molecule has 1 saturated heterocycles. The smallest absolute Gasteiger partial charge is 0.264 e. The number of rotatable bonds is 4. The highest BCUT2D eigenvalue weighted by molar-refractivity contribution is 7.93. The molecule has 0 saturated carbocycles. The van der Waals surface area contributed by atoms with Crippen molar-refractivity contribution in [2.75, 3.05) is 22.7 Å². The summed E-state index contributed by atoms with van der Waals surface area (Å²) in [7, 11) is -3.77. The molecular formula is C22H25N3O2S. The molecule has 146 valence electrons. The Morgan fingerprint density at radius 3 is 2.46 bits per heavy atom. The predicted octanol–water partition coefficient (Wildman–Crippen LogP) is 4.56. The third kappa shape index (κ3) is 3.22. The number of pyridine rings is 1. The minimum Gasteiger partial charge on any atom is -0.371 e. The fourth-order valence-corrected chi connectivity index (χ4v) is 5.62. The van der Waals surface area contributed by atoms with E-state index in [9.17, 15) is 8.42 Å². The van der Waals surface area contributed by atoms with Crippen LogP contribution in [0.25, 0.3) is 10.9 Å². The molecule has 1 aromatic heterocycles. The molecular weight excluding hydrogens is 370 g/mol. The van der Waals surface area contributed by atoms with Crippen molar-refractivity contribution in [2.24, 2.45) is 0 Å². The Bertz CT molecular complexity index is 1140. The lowest BCUT2D eigenvalue weighted by Crippen LogP contribution is -2.22. The summed E-state index contributed by atoms with van der Waals surface area (Å²) in [5.41, 5.74) is 5.40. The van der Waals surface area contributed by atoms with Crippen molar-refractivity contribution in [3.8, 4) is 0 Å². The number of nitrogens with one attached hydrogen (secondary N) is 1. The van der Waals surface area contributed by atoms with Crippen molar-refractivity contribution in [3.05, 3.63) is 59.3 Å². The van der Waals surface area contributed by atoms with E-state index in [0.29, 0.717) is 11.2 Å². The van der Waals surface area contributed by atoms with E-state index in [2.05, 4.69) is 27.6 Å². The van der Waals surface area contributed by atoms with Gasteiger partial charge in [-0.3, -0.25) is 9.71 Å². The van der Waals surface area contributed by atoms with Gasteiger partial charge in [-0.15, -0.1) is 0 Å². The number of anilines is 2. The molecule has 0 atom stereocenters. The standard InChI is InChI=1S/C22H25N3O2S/c1-15-14-16(2)22(25-12-4-5-13-25)17(3)20(15)24-28(26,27)19-10-6-8-18-9-7-11-23-21(18)19/h6-11,14,24H,4-5,12-13H2,1-3H3. The fourth-order valence-electron chi connectivity index (χ4n) is 4.24. The highest BCUT2D eigenvalue weighted by Gasteiger charge is 2.24. The molecule has 0 unspecified atom stereocenters. The van der Waals surface area contributed by atoms with Crippen LogP contribution < -0.4 is 9.62 Å². The number of fused-ring (bicyclic) bond motifs is 1. The van der Waals surface area contributed by atoms with Crippen molar-refractivity contribution < 1.29 is 8.42 Å². The Balaban J connectivity index is 1.81. The molecule has 0 bridgehead atoms. The molecule has 0 spiro atoms. The zero-order chi connectivity index (χ0) is 19.9. The fraction of sp³-hybridized carbons (Fsp3) is 0.318. The molecule has 1 fully saturated rings. The zero-order valence-electron chi connectivity index (χ0n) is 16.5. The van der Waals surface area contributed by atoms with Gasteiger partial charge in [-0.05, 0) is 62.4 Å². The van der Waals surface area contributed by atoms with Crippen LogP contribution in [0, 0.1) is 20.8 Å². The normalized spacial score (nSPS) is 14.6. The number of hydrogen-bond acceptors (Lipinski definition) is 4. The number of sulfonamides is 1. The first kappa shape index (κ1) is 18.7. The van der Waals surface area contributed by atoms with Gasteiger partial charge in [-0.1, -0.05) is 24.3 Å². The lowest BCUT2D eigenvalue weighted by Gasteiger charge is -2.26. The Labute approximate surface area is 166 Å². The second-order valence-electron chi connectivity index (χ2n) is 7.49. The molecule has 1 N–H and O–H groups in total. The van der Waals surface area contributed by atoms with E-state index in [1.54, 1.807) is 18.3 Å². The Morgan fingerprint density at radius 2 is 1.71 bits per heavy atom. The predicted molar refractivity (Wildman–Crippen MR) is 115 cm³/mol. The van der Waals surface area contributed by atoms with Crippen LogP contribution in [0.15, 0.2) is 47.5 Å². The summed E-state index contributed by atoms with van der Waals surface area (Å²) < 4.78 is 29.4. The van der Waals surface area contributed by atoms with E-state index in [4.69, 9.17) is 0 Å². The first-order valence-corrected chi connectivity index (χ1v) is 11.1. The number of hydrogen-bond donors (Lipinski definition) is 1. The van der Waals surface area contributed by atoms with E-state index in [-0.39, 0.29) is 4.90 Å². The summed E-state index contributed by atoms with van der Waals surface area (Å²) in [5, 5.41) is 0.806. The summed E-state index contributed by atoms with van der Waals surface area (Å²) in [5.74, 6) is 0. The van der Waals surface area contributed by atoms with Gasteiger partial charge in [0.05, 0.1) is 11.2 Å². The quantitative estimate of drug-likeness (QED) is 0.703. The summed E-state index contributed by atoms with van der Waals surface area (Å²) >= 11 is 0. The van der Waals surface area contributed by atoms with Gasteiger partial charge < -0.3 is 4.90 Å². The Hall–Kier alpha value is -2.60. The third-order valence-corrected chi connectivity index (χ3v) is 6.86. The molecule has 0 amide bonds. The number of nitrogens with zero attached hydrogens (tertiary/aromatic N) is 2. The molecule has 4 rings (SSSR count). The van der Waals surface area contributed by atoms with E-state index >= 15 is 0 Å². The summed E-state index contributed by atoms with van der Waals surface area (Å²) in [6, 6.07) is 11.0. The largest absolute Gasteiger partial charge is 0.371 e. The van der Waals surface area contributed by atoms with Gasteiger partial charge in [0.1, 0.15) is 4.90 Å². The SMILES string of the molecule is Cc1cc(C)c(N2CCCC2)c(C)c1NS(=O)(=O)c1cccc2cccnc12. The Kier molecular flexibility index (Phi) is 4.75. The molecule has 1 aliphatic heterocycles. The maximum Gasteiger partial charge on any atom is 0.264 e. The van der Waals surface area contributed by atoms with Crippen molar-refractivity contribution in [2.45, 2.75) is 38.5 Å². The van der Waals surface area contributed by atoms with Crippen molar-refractivity contribution in [1.82, 2.24) is 4.98 Å². The summed E-state index contributed by atoms with van der Waals surface area (Å²) in [6.45, 7) is 8.09. The highest BCUT2D eigenvalue weighted by atomic mass is 32.2. The van der Waals surface area contributed by atoms with Gasteiger partial charge in [0.25, 0.3) is 10.0 Å². The second-order valence-corrected chi connectivity index (χ2v) is 9.14.